The molecule has 0 bridgehead atoms. The smallest absolute Gasteiger partial charge is 0.411 e. The molecule has 0 heterocycles. The van der Waals surface area contributed by atoms with Gasteiger partial charge in [-0.05, 0) is 13.0 Å². The number of hydrogen-bond acceptors (Lipinski definition) is 5. The molecule has 1 unspecified atom stereocenters. The van der Waals surface area contributed by atoms with Crippen LogP contribution in [0.3, 0.4) is 0 Å². The van der Waals surface area contributed by atoms with Crippen LogP contribution in [0.25, 0.3) is 0 Å². The molecule has 0 aromatic rings. The molecule has 0 aliphatic rings. The van der Waals surface area contributed by atoms with Crippen LogP contribution in [0.15, 0.2) is 11.8 Å². The second kappa shape index (κ2) is 7.90. The molecule has 7 nitrogen and oxygen atoms in total. The van der Waals surface area contributed by atoms with Crippen LogP contribution in [-0.2, 0) is 14.1 Å². The number of carboxylic acid groups (broad SMARTS) is 1. The lowest BCUT2D eigenvalue weighted by Crippen LogP contribution is -2.28. The fourth-order valence-corrected chi connectivity index (χ4v) is 1.31. The molecule has 16 heavy (non-hydrogen) atoms. The summed E-state index contributed by atoms with van der Waals surface area (Å²) < 4.78 is 15.4. The molecule has 0 aliphatic heterocycles. The lowest BCUT2D eigenvalue weighted by molar-refractivity contribution is -0.133. The number of carbonyl (C=O) groups is 2. The van der Waals surface area contributed by atoms with Crippen molar-refractivity contribution in [1.29, 1.82) is 0 Å². The summed E-state index contributed by atoms with van der Waals surface area (Å²) in [6, 6.07) is 0. The first-order valence-corrected chi connectivity index (χ1v) is 6.33. The molecule has 0 fully saturated rings. The summed E-state index contributed by atoms with van der Waals surface area (Å²) in [6.45, 7) is 1.69. The zero-order valence-electron chi connectivity index (χ0n) is 8.73. The van der Waals surface area contributed by atoms with E-state index >= 15 is 0 Å². The van der Waals surface area contributed by atoms with E-state index < -0.39 is 31.9 Å². The SMILES string of the molecule is CCOC(=O)N/C(=C\C[PH](=O)CO)C(=O)O. The number of aliphatic carboxylic acids is 1. The van der Waals surface area contributed by atoms with Gasteiger partial charge in [-0.2, -0.15) is 0 Å². The number of nitrogens with one attached hydrogen (secondary N) is 1. The van der Waals surface area contributed by atoms with E-state index in [1.165, 1.54) is 0 Å². The summed E-state index contributed by atoms with van der Waals surface area (Å²) >= 11 is 0. The highest BCUT2D eigenvalue weighted by molar-refractivity contribution is 7.44. The number of hydrogen-bond donors (Lipinski definition) is 3. The number of rotatable bonds is 6. The van der Waals surface area contributed by atoms with Gasteiger partial charge in [0, 0.05) is 6.16 Å². The molecule has 0 rings (SSSR count). The zero-order valence-corrected chi connectivity index (χ0v) is 9.73. The van der Waals surface area contributed by atoms with Gasteiger partial charge in [-0.15, -0.1) is 0 Å². The van der Waals surface area contributed by atoms with E-state index in [9.17, 15) is 14.2 Å². The third-order valence-corrected chi connectivity index (χ3v) is 2.46. The van der Waals surface area contributed by atoms with Gasteiger partial charge in [0.05, 0.1) is 13.0 Å². The van der Waals surface area contributed by atoms with Crippen molar-refractivity contribution in [2.75, 3.05) is 19.1 Å². The number of alkyl carbamates (subject to hydrolysis) is 1. The normalized spacial score (nSPS) is 13.0. The Morgan fingerprint density at radius 2 is 2.12 bits per heavy atom. The largest absolute Gasteiger partial charge is 0.477 e. The van der Waals surface area contributed by atoms with E-state index in [4.69, 9.17) is 10.2 Å². The molecule has 0 saturated carbocycles. The van der Waals surface area contributed by atoms with Gasteiger partial charge in [0.15, 0.2) is 0 Å². The lowest BCUT2D eigenvalue weighted by atomic mass is 10.4. The Hall–Kier alpha value is -1.33. The number of amides is 1. The molecule has 0 aliphatic carbocycles. The van der Waals surface area contributed by atoms with E-state index in [0.717, 1.165) is 6.08 Å². The van der Waals surface area contributed by atoms with Crippen molar-refractivity contribution in [2.45, 2.75) is 6.92 Å². The van der Waals surface area contributed by atoms with Crippen LogP contribution in [0.2, 0.25) is 0 Å². The summed E-state index contributed by atoms with van der Waals surface area (Å²) in [5.41, 5.74) is -0.412. The van der Waals surface area contributed by atoms with Crippen LogP contribution in [0.1, 0.15) is 6.92 Å². The van der Waals surface area contributed by atoms with Crippen molar-refractivity contribution >= 4 is 19.9 Å². The average molecular weight is 251 g/mol. The number of aliphatic hydroxyl groups excluding tert-OH is 1. The van der Waals surface area contributed by atoms with Crippen molar-refractivity contribution < 1.29 is 29.1 Å². The van der Waals surface area contributed by atoms with Gasteiger partial charge in [-0.1, -0.05) is 0 Å². The van der Waals surface area contributed by atoms with Gasteiger partial charge in [-0.25, -0.2) is 9.59 Å². The van der Waals surface area contributed by atoms with E-state index in [1.807, 2.05) is 5.32 Å². The second-order valence-corrected chi connectivity index (χ2v) is 4.47. The molecule has 0 spiro atoms. The lowest BCUT2D eigenvalue weighted by Gasteiger charge is -2.05. The third-order valence-electron chi connectivity index (χ3n) is 1.45. The summed E-state index contributed by atoms with van der Waals surface area (Å²) in [5, 5.41) is 19.2. The number of ether oxygens (including phenoxy) is 1. The minimum atomic E-state index is -2.23. The minimum Gasteiger partial charge on any atom is -0.477 e. The summed E-state index contributed by atoms with van der Waals surface area (Å²) in [7, 11) is -2.23. The van der Waals surface area contributed by atoms with Gasteiger partial charge in [0.1, 0.15) is 13.5 Å². The average Bonchev–Trinajstić information content (AvgIpc) is 2.23. The second-order valence-electron chi connectivity index (χ2n) is 2.67. The minimum absolute atomic E-state index is 0.0881. The van der Waals surface area contributed by atoms with Crippen molar-refractivity contribution in [3.05, 3.63) is 11.8 Å². The van der Waals surface area contributed by atoms with Crippen molar-refractivity contribution in [2.24, 2.45) is 0 Å². The van der Waals surface area contributed by atoms with E-state index in [2.05, 4.69) is 4.74 Å². The first kappa shape index (κ1) is 14.7. The molecule has 8 heteroatoms. The molecule has 0 radical (unpaired) electrons. The Labute approximate surface area is 92.9 Å². The molecular weight excluding hydrogens is 237 g/mol. The van der Waals surface area contributed by atoms with E-state index in [1.54, 1.807) is 6.92 Å². The van der Waals surface area contributed by atoms with Crippen LogP contribution < -0.4 is 5.32 Å². The number of carbonyl (C=O) groups excluding carboxylic acids is 1. The molecule has 0 aromatic carbocycles. The summed E-state index contributed by atoms with van der Waals surface area (Å²) in [6.07, 6.45) is -0.390. The van der Waals surface area contributed by atoms with Crippen molar-refractivity contribution in [1.82, 2.24) is 5.32 Å². The first-order chi connectivity index (χ1) is 7.51. The van der Waals surface area contributed by atoms with Gasteiger partial charge >= 0.3 is 12.1 Å². The Kier molecular flexibility index (Phi) is 7.24. The Morgan fingerprint density at radius 1 is 1.50 bits per heavy atom. The summed E-state index contributed by atoms with van der Waals surface area (Å²) in [4.78, 5) is 21.6. The van der Waals surface area contributed by atoms with E-state index in [-0.39, 0.29) is 12.8 Å². The molecule has 0 aromatic heterocycles. The number of allylic oxidation sites excluding steroid dienone is 1. The maximum Gasteiger partial charge on any atom is 0.411 e. The zero-order chi connectivity index (χ0) is 12.6. The highest BCUT2D eigenvalue weighted by atomic mass is 31.1. The summed E-state index contributed by atoms with van der Waals surface area (Å²) in [5.74, 6) is -1.36. The Morgan fingerprint density at radius 3 is 2.56 bits per heavy atom. The maximum atomic E-state index is 10.9. The fourth-order valence-electron chi connectivity index (χ4n) is 0.749. The van der Waals surface area contributed by atoms with Crippen molar-refractivity contribution in [3.63, 3.8) is 0 Å². The molecule has 92 valence electrons. The van der Waals surface area contributed by atoms with Crippen LogP contribution in [-0.4, -0.2) is 41.4 Å². The van der Waals surface area contributed by atoms with Crippen LogP contribution >= 0.6 is 7.80 Å². The molecule has 1 atom stereocenters. The molecule has 1 amide bonds. The predicted molar refractivity (Wildman–Crippen MR) is 56.8 cm³/mol. The van der Waals surface area contributed by atoms with E-state index in [0.29, 0.717) is 0 Å². The monoisotopic (exact) mass is 251 g/mol. The quantitative estimate of drug-likeness (QED) is 0.459. The first-order valence-electron chi connectivity index (χ1n) is 4.51. The van der Waals surface area contributed by atoms with Gasteiger partial charge in [0.25, 0.3) is 0 Å². The highest BCUT2D eigenvalue weighted by Crippen LogP contribution is 2.17. The number of carboxylic acids is 1. The Bertz CT molecular complexity index is 314. The predicted octanol–water partition coefficient (Wildman–Crippen LogP) is 0.210. The molecular formula is C8H14NO6P. The number of aliphatic hydroxyl groups is 1. The van der Waals surface area contributed by atoms with Crippen LogP contribution in [0.5, 0.6) is 0 Å². The van der Waals surface area contributed by atoms with Gasteiger partial charge < -0.3 is 19.5 Å². The topological polar surface area (TPSA) is 113 Å². The third kappa shape index (κ3) is 6.21. The fraction of sp³-hybridized carbons (Fsp3) is 0.500. The van der Waals surface area contributed by atoms with Gasteiger partial charge in [0.2, 0.25) is 0 Å². The van der Waals surface area contributed by atoms with Crippen LogP contribution in [0, 0.1) is 0 Å². The van der Waals surface area contributed by atoms with Crippen molar-refractivity contribution in [3.8, 4) is 0 Å². The van der Waals surface area contributed by atoms with Crippen LogP contribution in [0.4, 0.5) is 4.79 Å². The molecule has 0 saturated heterocycles. The standard InChI is InChI=1S/C8H14NO6P/c1-2-15-8(13)9-6(7(11)12)3-4-16(14)5-10/h3,10,16H,2,4-5H2,1H3,(H,9,13)(H,11,12)/b6-3-. The highest BCUT2D eigenvalue weighted by Gasteiger charge is 2.11. The van der Waals surface area contributed by atoms with Gasteiger partial charge in [-0.3, -0.25) is 5.32 Å². The maximum absolute atomic E-state index is 10.9. The Balaban J connectivity index is 4.43. The molecule has 3 N–H and O–H groups in total.